The Morgan fingerprint density at radius 1 is 1.35 bits per heavy atom. The molecule has 0 aromatic heterocycles. The second-order valence-electron chi connectivity index (χ2n) is 4.29. The van der Waals surface area contributed by atoms with Crippen LogP contribution in [-0.4, -0.2) is 40.9 Å². The normalized spacial score (nSPS) is 24.0. The fourth-order valence-electron chi connectivity index (χ4n) is 2.30. The Bertz CT molecular complexity index is 407. The molecule has 0 saturated carbocycles. The first kappa shape index (κ1) is 12.2. The third kappa shape index (κ3) is 2.53. The van der Waals surface area contributed by atoms with Crippen molar-refractivity contribution in [3.05, 3.63) is 34.9 Å². The van der Waals surface area contributed by atoms with E-state index in [1.165, 1.54) is 4.90 Å². The molecule has 2 rings (SSSR count). The van der Waals surface area contributed by atoms with Gasteiger partial charge in [-0.1, -0.05) is 23.7 Å². The number of nitrogens with zero attached hydrogens (tertiary/aromatic N) is 1. The zero-order valence-corrected chi connectivity index (χ0v) is 9.97. The van der Waals surface area contributed by atoms with Gasteiger partial charge in [-0.3, -0.25) is 0 Å². The Labute approximate surface area is 104 Å². The summed E-state index contributed by atoms with van der Waals surface area (Å²) < 4.78 is 0. The molecule has 0 spiro atoms. The van der Waals surface area contributed by atoms with Crippen LogP contribution in [0, 0.1) is 5.92 Å². The second kappa shape index (κ2) is 4.94. The molecule has 1 heterocycles. The predicted molar refractivity (Wildman–Crippen MR) is 64.4 cm³/mol. The number of halogens is 1. The second-order valence-corrected chi connectivity index (χ2v) is 4.72. The average Bonchev–Trinajstić information content (AvgIpc) is 2.74. The first-order valence-corrected chi connectivity index (χ1v) is 5.84. The summed E-state index contributed by atoms with van der Waals surface area (Å²) in [7, 11) is 0. The number of carboxylic acid groups (broad SMARTS) is 1. The van der Waals surface area contributed by atoms with Crippen molar-refractivity contribution in [2.75, 3.05) is 19.7 Å². The molecule has 1 saturated heterocycles. The number of carbonyl (C=O) groups is 1. The molecule has 0 aliphatic carbocycles. The van der Waals surface area contributed by atoms with E-state index >= 15 is 0 Å². The Kier molecular flexibility index (Phi) is 3.54. The van der Waals surface area contributed by atoms with Crippen LogP contribution in [0.4, 0.5) is 4.79 Å². The zero-order valence-electron chi connectivity index (χ0n) is 9.21. The lowest BCUT2D eigenvalue weighted by molar-refractivity contribution is 0.150. The molecule has 0 bridgehead atoms. The predicted octanol–water partition coefficient (Wildman–Crippen LogP) is 2.03. The van der Waals surface area contributed by atoms with Crippen LogP contribution in [0.1, 0.15) is 11.5 Å². The number of benzene rings is 1. The third-order valence-electron chi connectivity index (χ3n) is 3.24. The van der Waals surface area contributed by atoms with E-state index < -0.39 is 6.09 Å². The van der Waals surface area contributed by atoms with Gasteiger partial charge in [0.25, 0.3) is 0 Å². The van der Waals surface area contributed by atoms with E-state index in [0.29, 0.717) is 18.1 Å². The van der Waals surface area contributed by atoms with Crippen LogP contribution in [0.3, 0.4) is 0 Å². The van der Waals surface area contributed by atoms with Crippen LogP contribution in [0.2, 0.25) is 5.02 Å². The van der Waals surface area contributed by atoms with E-state index in [2.05, 4.69) is 0 Å². The average molecular weight is 256 g/mol. The van der Waals surface area contributed by atoms with E-state index in [4.69, 9.17) is 16.7 Å². The minimum Gasteiger partial charge on any atom is -0.465 e. The van der Waals surface area contributed by atoms with Crippen molar-refractivity contribution in [2.24, 2.45) is 5.92 Å². The largest absolute Gasteiger partial charge is 0.465 e. The molecule has 4 nitrogen and oxygen atoms in total. The molecule has 1 aromatic rings. The van der Waals surface area contributed by atoms with Gasteiger partial charge in [-0.15, -0.1) is 0 Å². The molecule has 2 atom stereocenters. The van der Waals surface area contributed by atoms with Crippen molar-refractivity contribution < 1.29 is 15.0 Å². The van der Waals surface area contributed by atoms with Crippen molar-refractivity contribution in [2.45, 2.75) is 5.92 Å². The van der Waals surface area contributed by atoms with Gasteiger partial charge < -0.3 is 15.1 Å². The topological polar surface area (TPSA) is 60.8 Å². The van der Waals surface area contributed by atoms with Crippen molar-refractivity contribution in [3.8, 4) is 0 Å². The van der Waals surface area contributed by atoms with Crippen LogP contribution >= 0.6 is 11.6 Å². The van der Waals surface area contributed by atoms with Gasteiger partial charge in [0, 0.05) is 36.6 Å². The van der Waals surface area contributed by atoms with Crippen LogP contribution in [-0.2, 0) is 0 Å². The van der Waals surface area contributed by atoms with Gasteiger partial charge in [0.1, 0.15) is 0 Å². The monoisotopic (exact) mass is 255 g/mol. The Morgan fingerprint density at radius 2 is 2.00 bits per heavy atom. The first-order valence-electron chi connectivity index (χ1n) is 5.46. The molecular weight excluding hydrogens is 242 g/mol. The molecule has 1 aliphatic heterocycles. The maximum absolute atomic E-state index is 10.9. The summed E-state index contributed by atoms with van der Waals surface area (Å²) in [6.45, 7) is 0.818. The molecule has 17 heavy (non-hydrogen) atoms. The smallest absolute Gasteiger partial charge is 0.407 e. The summed E-state index contributed by atoms with van der Waals surface area (Å²) in [5.74, 6) is 0.0145. The summed E-state index contributed by atoms with van der Waals surface area (Å²) in [6, 6.07) is 7.35. The zero-order chi connectivity index (χ0) is 12.4. The number of likely N-dealkylation sites (tertiary alicyclic amines) is 1. The van der Waals surface area contributed by atoms with Gasteiger partial charge in [-0.25, -0.2) is 4.79 Å². The Hall–Kier alpha value is -1.26. The number of amides is 1. The number of rotatable bonds is 2. The van der Waals surface area contributed by atoms with Gasteiger partial charge in [-0.05, 0) is 17.7 Å². The SMILES string of the molecule is O=C(O)N1CC(CO)C(c2ccc(Cl)cc2)C1. The van der Waals surface area contributed by atoms with E-state index in [0.717, 1.165) is 5.56 Å². The lowest BCUT2D eigenvalue weighted by atomic mass is 9.90. The molecule has 0 radical (unpaired) electrons. The molecular formula is C12H14ClNO3. The standard InChI is InChI=1S/C12H14ClNO3/c13-10-3-1-8(2-4-10)11-6-14(12(16)17)5-9(11)7-15/h1-4,9,11,15H,5-7H2,(H,16,17). The van der Waals surface area contributed by atoms with Crippen molar-refractivity contribution in [3.63, 3.8) is 0 Å². The third-order valence-corrected chi connectivity index (χ3v) is 3.50. The van der Waals surface area contributed by atoms with Crippen LogP contribution in [0.5, 0.6) is 0 Å². The Morgan fingerprint density at radius 3 is 2.53 bits per heavy atom. The van der Waals surface area contributed by atoms with E-state index in [-0.39, 0.29) is 18.4 Å². The highest BCUT2D eigenvalue weighted by molar-refractivity contribution is 6.30. The summed E-state index contributed by atoms with van der Waals surface area (Å²) in [6.07, 6.45) is -0.931. The van der Waals surface area contributed by atoms with E-state index in [1.807, 2.05) is 12.1 Å². The molecule has 5 heteroatoms. The minimum absolute atomic E-state index is 0.00290. The summed E-state index contributed by atoms with van der Waals surface area (Å²) in [4.78, 5) is 12.3. The van der Waals surface area contributed by atoms with Crippen molar-refractivity contribution in [1.82, 2.24) is 4.90 Å². The van der Waals surface area contributed by atoms with Crippen LogP contribution in [0.25, 0.3) is 0 Å². The summed E-state index contributed by atoms with van der Waals surface area (Å²) in [5, 5.41) is 18.9. The van der Waals surface area contributed by atoms with Gasteiger partial charge in [0.15, 0.2) is 0 Å². The summed E-state index contributed by atoms with van der Waals surface area (Å²) >= 11 is 5.81. The fourth-order valence-corrected chi connectivity index (χ4v) is 2.43. The van der Waals surface area contributed by atoms with Crippen molar-refractivity contribution >= 4 is 17.7 Å². The van der Waals surface area contributed by atoms with E-state index in [1.54, 1.807) is 12.1 Å². The molecule has 2 N–H and O–H groups in total. The van der Waals surface area contributed by atoms with Gasteiger partial charge in [0.2, 0.25) is 0 Å². The quantitative estimate of drug-likeness (QED) is 0.850. The highest BCUT2D eigenvalue weighted by Gasteiger charge is 2.35. The van der Waals surface area contributed by atoms with Gasteiger partial charge >= 0.3 is 6.09 Å². The Balaban J connectivity index is 2.19. The molecule has 1 fully saturated rings. The fraction of sp³-hybridized carbons (Fsp3) is 0.417. The molecule has 1 aromatic carbocycles. The minimum atomic E-state index is -0.931. The van der Waals surface area contributed by atoms with Crippen LogP contribution < -0.4 is 0 Å². The maximum atomic E-state index is 10.9. The van der Waals surface area contributed by atoms with E-state index in [9.17, 15) is 9.90 Å². The highest BCUT2D eigenvalue weighted by atomic mass is 35.5. The molecule has 1 amide bonds. The molecule has 92 valence electrons. The number of aliphatic hydroxyl groups is 1. The maximum Gasteiger partial charge on any atom is 0.407 e. The molecule has 2 unspecified atom stereocenters. The number of hydrogen-bond donors (Lipinski definition) is 2. The van der Waals surface area contributed by atoms with Gasteiger partial charge in [0.05, 0.1) is 0 Å². The highest BCUT2D eigenvalue weighted by Crippen LogP contribution is 2.32. The van der Waals surface area contributed by atoms with Gasteiger partial charge in [-0.2, -0.15) is 0 Å². The lowest BCUT2D eigenvalue weighted by Crippen LogP contribution is -2.27. The summed E-state index contributed by atoms with van der Waals surface area (Å²) in [5.41, 5.74) is 1.03. The number of aliphatic hydroxyl groups excluding tert-OH is 1. The van der Waals surface area contributed by atoms with Crippen molar-refractivity contribution in [1.29, 1.82) is 0 Å². The van der Waals surface area contributed by atoms with Crippen LogP contribution in [0.15, 0.2) is 24.3 Å². The lowest BCUT2D eigenvalue weighted by Gasteiger charge is -2.15. The first-order chi connectivity index (χ1) is 8.11. The number of hydrogen-bond acceptors (Lipinski definition) is 2. The molecule has 1 aliphatic rings.